The normalized spacial score (nSPS) is 27.1. The first-order chi connectivity index (χ1) is 3.88. The Balaban J connectivity index is 1.90. The molecule has 0 aromatic carbocycles. The van der Waals surface area contributed by atoms with Gasteiger partial charge in [-0.1, -0.05) is 6.42 Å². The van der Waals surface area contributed by atoms with Crippen molar-refractivity contribution in [3.8, 4) is 0 Å². The highest BCUT2D eigenvalue weighted by atomic mass is 79.9. The van der Waals surface area contributed by atoms with E-state index in [9.17, 15) is 0 Å². The van der Waals surface area contributed by atoms with Crippen molar-refractivity contribution in [2.45, 2.75) is 19.3 Å². The lowest BCUT2D eigenvalue weighted by atomic mass is 9.85. The third kappa shape index (κ3) is 0.573. The number of halogens is 1. The van der Waals surface area contributed by atoms with E-state index < -0.39 is 0 Å². The molecule has 3 heteroatoms. The molecule has 44 valence electrons. The second-order valence-electron chi connectivity index (χ2n) is 2.35. The summed E-state index contributed by atoms with van der Waals surface area (Å²) in [7, 11) is 0. The molecule has 2 aliphatic rings. The highest BCUT2D eigenvalue weighted by Crippen LogP contribution is 2.35. The molecule has 0 amide bonds. The standard InChI is InChI=1S/C5H7BrN2/c6-8-5(7-8)4-2-1-3-4/h4H,1-3H2. The SMILES string of the molecule is BrN1N=C1C1CCC1. The van der Waals surface area contributed by atoms with Crippen molar-refractivity contribution in [2.24, 2.45) is 11.0 Å². The predicted molar refractivity (Wildman–Crippen MR) is 35.5 cm³/mol. The summed E-state index contributed by atoms with van der Waals surface area (Å²) in [5.74, 6) is 2.06. The first kappa shape index (κ1) is 4.79. The fraction of sp³-hybridized carbons (Fsp3) is 0.800. The number of rotatable bonds is 1. The molecule has 1 saturated carbocycles. The van der Waals surface area contributed by atoms with Gasteiger partial charge in [0.05, 0.1) is 16.1 Å². The zero-order valence-electron chi connectivity index (χ0n) is 4.47. The Morgan fingerprint density at radius 1 is 1.62 bits per heavy atom. The molecule has 1 aliphatic heterocycles. The van der Waals surface area contributed by atoms with Crippen molar-refractivity contribution in [3.63, 3.8) is 0 Å². The number of hydrogen-bond acceptors (Lipinski definition) is 2. The summed E-state index contributed by atoms with van der Waals surface area (Å²) in [6.07, 6.45) is 4.09. The molecule has 0 atom stereocenters. The highest BCUT2D eigenvalue weighted by molar-refractivity contribution is 9.07. The van der Waals surface area contributed by atoms with Gasteiger partial charge in [-0.2, -0.15) is 4.03 Å². The van der Waals surface area contributed by atoms with Gasteiger partial charge >= 0.3 is 0 Å². The third-order valence-electron chi connectivity index (χ3n) is 1.81. The van der Waals surface area contributed by atoms with E-state index >= 15 is 0 Å². The lowest BCUT2D eigenvalue weighted by Crippen LogP contribution is -2.18. The van der Waals surface area contributed by atoms with Gasteiger partial charge < -0.3 is 0 Å². The largest absolute Gasteiger partial charge is 0.179 e. The lowest BCUT2D eigenvalue weighted by Gasteiger charge is -2.20. The lowest BCUT2D eigenvalue weighted by molar-refractivity contribution is 0.412. The van der Waals surface area contributed by atoms with Crippen LogP contribution in [-0.2, 0) is 0 Å². The topological polar surface area (TPSA) is 15.4 Å². The van der Waals surface area contributed by atoms with Crippen LogP contribution in [0, 0.1) is 5.92 Å². The molecular weight excluding hydrogens is 168 g/mol. The molecule has 8 heavy (non-hydrogen) atoms. The maximum absolute atomic E-state index is 4.04. The van der Waals surface area contributed by atoms with Gasteiger partial charge in [0.2, 0.25) is 0 Å². The molecule has 1 heterocycles. The summed E-state index contributed by atoms with van der Waals surface area (Å²) < 4.78 is 1.80. The highest BCUT2D eigenvalue weighted by Gasteiger charge is 2.34. The van der Waals surface area contributed by atoms with Crippen LogP contribution in [0.1, 0.15) is 19.3 Å². The first-order valence-corrected chi connectivity index (χ1v) is 3.63. The van der Waals surface area contributed by atoms with Crippen molar-refractivity contribution in [2.75, 3.05) is 0 Å². The molecule has 2 nitrogen and oxygen atoms in total. The van der Waals surface area contributed by atoms with E-state index in [1.165, 1.54) is 25.1 Å². The van der Waals surface area contributed by atoms with Crippen LogP contribution < -0.4 is 0 Å². The molecule has 1 aliphatic carbocycles. The van der Waals surface area contributed by atoms with E-state index in [1.54, 1.807) is 4.03 Å². The summed E-state index contributed by atoms with van der Waals surface area (Å²) in [5.41, 5.74) is 0. The monoisotopic (exact) mass is 174 g/mol. The molecule has 1 fully saturated rings. The average Bonchev–Trinajstić information content (AvgIpc) is 2.13. The van der Waals surface area contributed by atoms with E-state index in [0.717, 1.165) is 5.92 Å². The van der Waals surface area contributed by atoms with Gasteiger partial charge in [-0.05, 0) is 12.8 Å². The Labute approximate surface area is 56.9 Å². The molecule has 0 aromatic rings. The molecule has 0 unspecified atom stereocenters. The quantitative estimate of drug-likeness (QED) is 0.554. The second kappa shape index (κ2) is 1.47. The molecular formula is C5H7BrN2. The minimum Gasteiger partial charge on any atom is -0.179 e. The van der Waals surface area contributed by atoms with Gasteiger partial charge in [0.1, 0.15) is 0 Å². The van der Waals surface area contributed by atoms with Crippen LogP contribution in [0.4, 0.5) is 0 Å². The van der Waals surface area contributed by atoms with Gasteiger partial charge in [-0.15, -0.1) is 5.10 Å². The third-order valence-corrected chi connectivity index (χ3v) is 2.33. The molecule has 0 aromatic heterocycles. The smallest absolute Gasteiger partial charge is 0.162 e. The average molecular weight is 175 g/mol. The van der Waals surface area contributed by atoms with E-state index in [0.29, 0.717) is 0 Å². The van der Waals surface area contributed by atoms with Gasteiger partial charge in [-0.25, -0.2) is 0 Å². The molecule has 0 bridgehead atoms. The maximum Gasteiger partial charge on any atom is 0.162 e. The fourth-order valence-corrected chi connectivity index (χ4v) is 1.42. The number of hydrogen-bond donors (Lipinski definition) is 0. The predicted octanol–water partition coefficient (Wildman–Crippen LogP) is 1.73. The van der Waals surface area contributed by atoms with Crippen LogP contribution in [0.25, 0.3) is 0 Å². The minimum atomic E-state index is 0.800. The van der Waals surface area contributed by atoms with Crippen molar-refractivity contribution in [1.29, 1.82) is 0 Å². The van der Waals surface area contributed by atoms with Crippen LogP contribution in [0.2, 0.25) is 0 Å². The summed E-state index contributed by atoms with van der Waals surface area (Å²) in [6, 6.07) is 0. The Morgan fingerprint density at radius 2 is 2.25 bits per heavy atom. The maximum atomic E-state index is 4.04. The van der Waals surface area contributed by atoms with Crippen molar-refractivity contribution < 1.29 is 0 Å². The summed E-state index contributed by atoms with van der Waals surface area (Å²) in [5, 5.41) is 4.04. The van der Waals surface area contributed by atoms with Crippen LogP contribution in [0.15, 0.2) is 5.10 Å². The number of amidine groups is 1. The van der Waals surface area contributed by atoms with Crippen LogP contribution in [0.3, 0.4) is 0 Å². The molecule has 0 radical (unpaired) electrons. The summed E-state index contributed by atoms with van der Waals surface area (Å²) in [6.45, 7) is 0. The van der Waals surface area contributed by atoms with Crippen LogP contribution in [0.5, 0.6) is 0 Å². The van der Waals surface area contributed by atoms with Gasteiger partial charge in [-0.3, -0.25) is 0 Å². The first-order valence-electron chi connectivity index (χ1n) is 2.92. The van der Waals surface area contributed by atoms with E-state index in [2.05, 4.69) is 21.2 Å². The van der Waals surface area contributed by atoms with Gasteiger partial charge in [0.25, 0.3) is 0 Å². The van der Waals surface area contributed by atoms with Crippen molar-refractivity contribution in [3.05, 3.63) is 0 Å². The Hall–Kier alpha value is -0.0500. The Morgan fingerprint density at radius 3 is 2.38 bits per heavy atom. The van der Waals surface area contributed by atoms with Crippen LogP contribution >= 0.6 is 16.1 Å². The zero-order valence-corrected chi connectivity index (χ0v) is 6.06. The number of nitrogens with zero attached hydrogens (tertiary/aromatic N) is 2. The fourth-order valence-electron chi connectivity index (χ4n) is 0.966. The minimum absolute atomic E-state index is 0.800. The molecule has 0 saturated heterocycles. The molecule has 0 spiro atoms. The molecule has 2 rings (SSSR count). The molecule has 0 N–H and O–H groups in total. The summed E-state index contributed by atoms with van der Waals surface area (Å²) in [4.78, 5) is 0. The van der Waals surface area contributed by atoms with Gasteiger partial charge in [0.15, 0.2) is 5.84 Å². The second-order valence-corrected chi connectivity index (χ2v) is 3.02. The zero-order chi connectivity index (χ0) is 5.56. The van der Waals surface area contributed by atoms with E-state index in [4.69, 9.17) is 0 Å². The Bertz CT molecular complexity index is 139. The van der Waals surface area contributed by atoms with E-state index in [1.807, 2.05) is 0 Å². The van der Waals surface area contributed by atoms with Gasteiger partial charge in [0, 0.05) is 5.92 Å². The number of hydrazone groups is 1. The van der Waals surface area contributed by atoms with Crippen molar-refractivity contribution in [1.82, 2.24) is 4.03 Å². The summed E-state index contributed by atoms with van der Waals surface area (Å²) >= 11 is 3.25. The van der Waals surface area contributed by atoms with Crippen LogP contribution in [-0.4, -0.2) is 9.87 Å². The Kier molecular flexibility index (Phi) is 0.879. The van der Waals surface area contributed by atoms with Crippen molar-refractivity contribution >= 4 is 22.0 Å². The van der Waals surface area contributed by atoms with E-state index in [-0.39, 0.29) is 0 Å².